The lowest BCUT2D eigenvalue weighted by Gasteiger charge is -2.09. The van der Waals surface area contributed by atoms with Gasteiger partial charge >= 0.3 is 0 Å². The molecule has 0 bridgehead atoms. The highest BCUT2D eigenvalue weighted by atomic mass is 32.1. The molecule has 7 heteroatoms. The van der Waals surface area contributed by atoms with Gasteiger partial charge in [0.2, 0.25) is 0 Å². The number of carbonyl (C=O) groups excluding carboxylic acids is 1. The Hall–Kier alpha value is -1.47. The van der Waals surface area contributed by atoms with Crippen LogP contribution >= 0.6 is 22.7 Å². The van der Waals surface area contributed by atoms with Gasteiger partial charge in [0.15, 0.2) is 5.13 Å². The third kappa shape index (κ3) is 2.85. The number of rotatable bonds is 4. The van der Waals surface area contributed by atoms with Gasteiger partial charge in [0.05, 0.1) is 16.7 Å². The van der Waals surface area contributed by atoms with Crippen molar-refractivity contribution in [1.29, 1.82) is 0 Å². The summed E-state index contributed by atoms with van der Waals surface area (Å²) in [5.74, 6) is -0.175. The van der Waals surface area contributed by atoms with Crippen LogP contribution in [0.3, 0.4) is 0 Å². The lowest BCUT2D eigenvalue weighted by atomic mass is 10.2. The molecule has 0 saturated carbocycles. The molecule has 2 aromatic rings. The Labute approximate surface area is 113 Å². The van der Waals surface area contributed by atoms with E-state index in [-0.39, 0.29) is 11.9 Å². The van der Waals surface area contributed by atoms with Crippen LogP contribution in [-0.2, 0) is 0 Å². The molecule has 2 heterocycles. The van der Waals surface area contributed by atoms with Crippen molar-refractivity contribution in [3.63, 3.8) is 0 Å². The fourth-order valence-electron chi connectivity index (χ4n) is 1.42. The molecule has 2 N–H and O–H groups in total. The van der Waals surface area contributed by atoms with Crippen molar-refractivity contribution in [1.82, 2.24) is 15.3 Å². The van der Waals surface area contributed by atoms with E-state index in [0.29, 0.717) is 5.69 Å². The first kappa shape index (κ1) is 13.0. The monoisotopic (exact) mass is 282 g/mol. The highest BCUT2D eigenvalue weighted by Crippen LogP contribution is 2.18. The zero-order valence-electron chi connectivity index (χ0n) is 10.4. The molecule has 0 spiro atoms. The predicted octanol–water partition coefficient (Wildman–Crippen LogP) is 2.44. The second-order valence-corrected chi connectivity index (χ2v) is 5.69. The van der Waals surface area contributed by atoms with E-state index in [1.165, 1.54) is 11.3 Å². The number of nitrogens with one attached hydrogen (secondary N) is 2. The van der Waals surface area contributed by atoms with Crippen LogP contribution in [0.25, 0.3) is 0 Å². The number of aryl methyl sites for hydroxylation is 1. The number of aromatic nitrogens is 2. The second kappa shape index (κ2) is 5.45. The zero-order valence-corrected chi connectivity index (χ0v) is 12.0. The Bertz CT molecular complexity index is 549. The van der Waals surface area contributed by atoms with Gasteiger partial charge in [0.1, 0.15) is 5.69 Å². The van der Waals surface area contributed by atoms with E-state index >= 15 is 0 Å². The second-order valence-electron chi connectivity index (χ2n) is 3.77. The average Bonchev–Trinajstić information content (AvgIpc) is 2.97. The molecule has 2 rings (SSSR count). The minimum atomic E-state index is -0.175. The molecule has 0 fully saturated rings. The minimum Gasteiger partial charge on any atom is -0.365 e. The molecule has 0 aromatic carbocycles. The Balaban J connectivity index is 2.02. The first-order valence-corrected chi connectivity index (χ1v) is 7.22. The Morgan fingerprint density at radius 1 is 1.33 bits per heavy atom. The highest BCUT2D eigenvalue weighted by Gasteiger charge is 2.15. The van der Waals surface area contributed by atoms with Crippen LogP contribution in [0.15, 0.2) is 10.8 Å². The first-order valence-electron chi connectivity index (χ1n) is 5.46. The van der Waals surface area contributed by atoms with Gasteiger partial charge in [-0.3, -0.25) is 4.79 Å². The van der Waals surface area contributed by atoms with Crippen molar-refractivity contribution in [2.45, 2.75) is 19.9 Å². The fraction of sp³-hybridized carbons (Fsp3) is 0.364. The molecule has 2 aromatic heterocycles. The van der Waals surface area contributed by atoms with Gasteiger partial charge in [0, 0.05) is 17.8 Å². The van der Waals surface area contributed by atoms with Gasteiger partial charge in [-0.05, 0) is 13.8 Å². The topological polar surface area (TPSA) is 66.9 Å². The quantitative estimate of drug-likeness (QED) is 0.904. The summed E-state index contributed by atoms with van der Waals surface area (Å²) in [4.78, 5) is 20.5. The maximum Gasteiger partial charge on any atom is 0.271 e. The van der Waals surface area contributed by atoms with Crippen LogP contribution < -0.4 is 10.6 Å². The number of hydrogen-bond donors (Lipinski definition) is 2. The van der Waals surface area contributed by atoms with E-state index < -0.39 is 0 Å². The molecule has 0 aliphatic heterocycles. The predicted molar refractivity (Wildman–Crippen MR) is 74.4 cm³/mol. The molecule has 96 valence electrons. The van der Waals surface area contributed by atoms with Crippen molar-refractivity contribution in [2.75, 3.05) is 12.4 Å². The molecular formula is C11H14N4OS2. The van der Waals surface area contributed by atoms with Crippen LogP contribution in [0.2, 0.25) is 0 Å². The normalized spacial score (nSPS) is 12.2. The largest absolute Gasteiger partial charge is 0.365 e. The summed E-state index contributed by atoms with van der Waals surface area (Å²) >= 11 is 2.99. The Morgan fingerprint density at radius 3 is 2.67 bits per heavy atom. The summed E-state index contributed by atoms with van der Waals surface area (Å²) < 4.78 is 0. The lowest BCUT2D eigenvalue weighted by Crippen LogP contribution is -2.27. The van der Waals surface area contributed by atoms with Gasteiger partial charge in [-0.1, -0.05) is 0 Å². The summed E-state index contributed by atoms with van der Waals surface area (Å²) in [6, 6.07) is -0.109. The first-order chi connectivity index (χ1) is 8.60. The number of anilines is 1. The van der Waals surface area contributed by atoms with E-state index in [0.717, 1.165) is 15.8 Å². The van der Waals surface area contributed by atoms with E-state index in [1.54, 1.807) is 23.8 Å². The maximum absolute atomic E-state index is 11.9. The average molecular weight is 282 g/mol. The molecule has 1 amide bonds. The van der Waals surface area contributed by atoms with Crippen molar-refractivity contribution >= 4 is 33.7 Å². The van der Waals surface area contributed by atoms with Crippen LogP contribution in [0.1, 0.15) is 34.2 Å². The van der Waals surface area contributed by atoms with E-state index in [1.807, 2.05) is 19.2 Å². The van der Waals surface area contributed by atoms with Crippen molar-refractivity contribution in [2.24, 2.45) is 0 Å². The van der Waals surface area contributed by atoms with E-state index in [9.17, 15) is 4.79 Å². The molecule has 0 aliphatic rings. The number of thiazole rings is 2. The van der Waals surface area contributed by atoms with Gasteiger partial charge in [-0.2, -0.15) is 0 Å². The highest BCUT2D eigenvalue weighted by molar-refractivity contribution is 7.13. The summed E-state index contributed by atoms with van der Waals surface area (Å²) in [5.41, 5.74) is 1.32. The van der Waals surface area contributed by atoms with Crippen molar-refractivity contribution in [3.8, 4) is 0 Å². The number of amides is 1. The smallest absolute Gasteiger partial charge is 0.271 e. The summed E-state index contributed by atoms with van der Waals surface area (Å²) in [5, 5.41) is 11.2. The minimum absolute atomic E-state index is 0.109. The van der Waals surface area contributed by atoms with E-state index in [4.69, 9.17) is 0 Å². The van der Waals surface area contributed by atoms with Gasteiger partial charge in [-0.15, -0.1) is 22.7 Å². The van der Waals surface area contributed by atoms with Crippen molar-refractivity contribution < 1.29 is 4.79 Å². The molecule has 0 unspecified atom stereocenters. The van der Waals surface area contributed by atoms with Crippen LogP contribution in [0, 0.1) is 6.92 Å². The Kier molecular flexibility index (Phi) is 3.93. The van der Waals surface area contributed by atoms with Crippen LogP contribution in [-0.4, -0.2) is 22.9 Å². The van der Waals surface area contributed by atoms with Crippen LogP contribution in [0.5, 0.6) is 0 Å². The lowest BCUT2D eigenvalue weighted by molar-refractivity contribution is 0.0935. The molecule has 0 aliphatic carbocycles. The molecule has 18 heavy (non-hydrogen) atoms. The number of nitrogens with zero attached hydrogens (tertiary/aromatic N) is 2. The molecule has 1 atom stereocenters. The third-order valence-electron chi connectivity index (χ3n) is 2.38. The molecule has 0 radical (unpaired) electrons. The SMILES string of the molecule is CNc1nc(C(=O)N[C@@H](C)c2csc(C)n2)cs1. The Morgan fingerprint density at radius 2 is 2.11 bits per heavy atom. The number of carbonyl (C=O) groups is 1. The standard InChI is InChI=1S/C11H14N4OS2/c1-6(8-4-17-7(2)14-8)13-10(16)9-5-18-11(12-3)15-9/h4-6H,1-3H3,(H,12,15)(H,13,16)/t6-/m0/s1. The van der Waals surface area contributed by atoms with Gasteiger partial charge in [-0.25, -0.2) is 9.97 Å². The summed E-state index contributed by atoms with van der Waals surface area (Å²) in [7, 11) is 1.78. The summed E-state index contributed by atoms with van der Waals surface area (Å²) in [6.45, 7) is 3.86. The van der Waals surface area contributed by atoms with Gasteiger partial charge < -0.3 is 10.6 Å². The molecular weight excluding hydrogens is 268 g/mol. The summed E-state index contributed by atoms with van der Waals surface area (Å²) in [6.07, 6.45) is 0. The molecule has 0 saturated heterocycles. The van der Waals surface area contributed by atoms with Gasteiger partial charge in [0.25, 0.3) is 5.91 Å². The number of hydrogen-bond acceptors (Lipinski definition) is 6. The zero-order chi connectivity index (χ0) is 13.1. The molecule has 5 nitrogen and oxygen atoms in total. The van der Waals surface area contributed by atoms with E-state index in [2.05, 4.69) is 20.6 Å². The third-order valence-corrected chi connectivity index (χ3v) is 4.03. The van der Waals surface area contributed by atoms with Crippen LogP contribution in [0.4, 0.5) is 5.13 Å². The fourth-order valence-corrected chi connectivity index (χ4v) is 2.77. The van der Waals surface area contributed by atoms with Crippen molar-refractivity contribution in [3.05, 3.63) is 27.2 Å². The maximum atomic E-state index is 11.9.